The second-order valence-electron chi connectivity index (χ2n) is 29.4. The fourth-order valence-corrected chi connectivity index (χ4v) is 18.4. The van der Waals surface area contributed by atoms with Crippen molar-refractivity contribution in [3.63, 3.8) is 0 Å². The van der Waals surface area contributed by atoms with E-state index in [-0.39, 0.29) is 0 Å². The summed E-state index contributed by atoms with van der Waals surface area (Å²) in [6.07, 6.45) is 0. The largest absolute Gasteiger partial charge is 0.454 e. The molecule has 24 rings (SSSR count). The Morgan fingerprint density at radius 2 is 0.527 bits per heavy atom. The third-order valence-corrected chi connectivity index (χ3v) is 23.4. The van der Waals surface area contributed by atoms with Crippen molar-refractivity contribution in [1.29, 1.82) is 0 Å². The molecule has 0 bridgehead atoms. The third kappa shape index (κ3) is 8.99. The number of nitrogens with zero attached hydrogens (tertiary/aromatic N) is 4. The van der Waals surface area contributed by atoms with Crippen molar-refractivity contribution in [3.8, 4) is 89.0 Å². The van der Waals surface area contributed by atoms with Gasteiger partial charge < -0.3 is 8.83 Å². The van der Waals surface area contributed by atoms with Crippen LogP contribution in [0, 0.1) is 0 Å². The van der Waals surface area contributed by atoms with Crippen molar-refractivity contribution in [1.82, 2.24) is 18.8 Å². The number of furan rings is 2. The molecule has 6 heterocycles. The van der Waals surface area contributed by atoms with Gasteiger partial charge >= 0.3 is 0 Å². The molecule has 508 valence electrons. The van der Waals surface area contributed by atoms with Crippen LogP contribution in [0.1, 0.15) is 0 Å². The predicted octanol–water partition coefficient (Wildman–Crippen LogP) is 28.5. The highest BCUT2D eigenvalue weighted by Gasteiger charge is 2.26. The molecule has 0 fully saturated rings. The van der Waals surface area contributed by atoms with Crippen molar-refractivity contribution < 1.29 is 8.83 Å². The van der Waals surface area contributed by atoms with E-state index in [0.29, 0.717) is 0 Å². The van der Waals surface area contributed by atoms with Crippen molar-refractivity contribution in [2.24, 2.45) is 0 Å². The molecular weight excluding hydrogens is 1340 g/mol. The maximum atomic E-state index is 7.02. The first-order valence-corrected chi connectivity index (χ1v) is 37.7. The Bertz CT molecular complexity index is 8000. The minimum Gasteiger partial charge on any atom is -0.454 e. The summed E-state index contributed by atoms with van der Waals surface area (Å²) in [6.45, 7) is 0. The summed E-state index contributed by atoms with van der Waals surface area (Å²) in [5.41, 5.74) is 29.7. The highest BCUT2D eigenvalue weighted by molar-refractivity contribution is 6.25. The van der Waals surface area contributed by atoms with Crippen molar-refractivity contribution >= 4 is 153 Å². The fourth-order valence-electron chi connectivity index (χ4n) is 18.4. The first-order valence-electron chi connectivity index (χ1n) is 37.7. The molecule has 0 amide bonds. The molecule has 0 aliphatic heterocycles. The maximum absolute atomic E-state index is 7.02. The number of hydrogen-bond donors (Lipinski definition) is 0. The maximum Gasteiger partial charge on any atom is 0.160 e. The topological polar surface area (TPSA) is 60.9 Å². The molecule has 0 aliphatic rings. The first-order chi connectivity index (χ1) is 54.5. The quantitative estimate of drug-likeness (QED) is 0.142. The fraction of sp³-hybridized carbons (Fsp3) is 0. The van der Waals surface area contributed by atoms with Crippen LogP contribution in [0.3, 0.4) is 0 Å². The van der Waals surface area contributed by atoms with Crippen LogP contribution >= 0.6 is 0 Å². The van der Waals surface area contributed by atoms with Crippen LogP contribution < -0.4 is 0 Å². The summed E-state index contributed by atoms with van der Waals surface area (Å²) in [6, 6.07) is 133. The van der Waals surface area contributed by atoms with Crippen LogP contribution in [0.25, 0.3) is 242 Å². The smallest absolute Gasteiger partial charge is 0.160 e. The van der Waals surface area contributed by atoms with E-state index in [2.05, 4.69) is 373 Å². The molecule has 0 spiro atoms. The van der Waals surface area contributed by atoms with Gasteiger partial charge in [0.25, 0.3) is 0 Å². The summed E-state index contributed by atoms with van der Waals surface area (Å²) in [4.78, 5) is 10.8. The number of benzene rings is 18. The first kappa shape index (κ1) is 60.5. The minimum absolute atomic E-state index is 0.824. The Morgan fingerprint density at radius 3 is 1.06 bits per heavy atom. The zero-order chi connectivity index (χ0) is 71.8. The molecule has 6 nitrogen and oxygen atoms in total. The second-order valence-corrected chi connectivity index (χ2v) is 29.4. The van der Waals surface area contributed by atoms with Gasteiger partial charge in [0.15, 0.2) is 11.2 Å². The third-order valence-electron chi connectivity index (χ3n) is 23.4. The zero-order valence-corrected chi connectivity index (χ0v) is 59.2. The van der Waals surface area contributed by atoms with Crippen LogP contribution in [0.2, 0.25) is 0 Å². The molecule has 0 aliphatic carbocycles. The molecule has 18 aromatic carbocycles. The minimum atomic E-state index is 0.824. The van der Waals surface area contributed by atoms with E-state index in [1.54, 1.807) is 0 Å². The number of para-hydroxylation sites is 2. The Labute approximate surface area is 629 Å². The Hall–Kier alpha value is -14.7. The van der Waals surface area contributed by atoms with E-state index >= 15 is 0 Å². The highest BCUT2D eigenvalue weighted by atomic mass is 16.3. The van der Waals surface area contributed by atoms with Gasteiger partial charge in [0.2, 0.25) is 0 Å². The molecule has 6 aromatic heterocycles. The molecule has 0 saturated carbocycles. The number of imidazole rings is 2. The molecule has 0 radical (unpaired) electrons. The summed E-state index contributed by atoms with van der Waals surface area (Å²) < 4.78 is 18.5. The average Bonchev–Trinajstić information content (AvgIpc) is 1.50. The average molecular weight is 1400 g/mol. The Kier molecular flexibility index (Phi) is 12.9. The molecule has 0 N–H and O–H groups in total. The normalized spacial score (nSPS) is 12.2. The number of aromatic nitrogens is 4. The molecular formula is C104H60N4O2. The SMILES string of the molecule is c1ccc(-c2ccc(-c3c4ccccc4c(-c4ccc(-c5ccc6oc7c8ccccc8c8nc9cc(-c%10ccc%11c(-c%12ccc%13ccccc%13c%12)c%12ccccc%12c(-c%12ccc(-c%13ccc%14oc%15c%16ccccc%16c%16nc%17ccccc%17n%16c%15c%14c%13)cc%12)c%11c%10)ccc9n8c7c6c5)cc4)c4ccccc34)cc2)cc1. The van der Waals surface area contributed by atoms with E-state index in [0.717, 1.165) is 138 Å². The zero-order valence-electron chi connectivity index (χ0n) is 59.2. The molecule has 0 atom stereocenters. The molecule has 110 heavy (non-hydrogen) atoms. The molecule has 0 saturated heterocycles. The van der Waals surface area contributed by atoms with Crippen LogP contribution in [0.5, 0.6) is 0 Å². The number of pyridine rings is 2. The highest BCUT2D eigenvalue weighted by Crippen LogP contribution is 2.50. The standard InChI is InChI=1S/C104H60N4O2/c1-2-18-61(19-3-1)63-34-41-66(42-35-63)95-75-22-6-8-24-77(75)96(78-25-9-7-23-76(78)95)67-43-36-64(37-44-67)71-51-55-94-88(59-71)100-102(110-94)83-29-13-15-31-85(83)104-106-90-60-73(49-53-92(90)108(100)104)72-48-52-81-86(57-72)97(79-26-10-11-27-80(79)98(81)74-47-40-62-20-4-5-21-69(62)56-74)68-45-38-65(39-46-68)70-50-54-93-87(58-70)99-101(109-93)82-28-12-14-30-84(82)103-105-89-32-16-17-33-91(89)107(99)103/h1-60H. The van der Waals surface area contributed by atoms with Gasteiger partial charge in [0.05, 0.1) is 22.1 Å². The van der Waals surface area contributed by atoms with E-state index in [9.17, 15) is 0 Å². The molecule has 0 unspecified atom stereocenters. The number of hydrogen-bond acceptors (Lipinski definition) is 4. The lowest BCUT2D eigenvalue weighted by molar-refractivity contribution is 0.671. The lowest BCUT2D eigenvalue weighted by atomic mass is 9.84. The molecule has 24 aromatic rings. The van der Waals surface area contributed by atoms with Crippen LogP contribution in [0.4, 0.5) is 0 Å². The number of rotatable bonds is 8. The Morgan fingerprint density at radius 1 is 0.191 bits per heavy atom. The monoisotopic (exact) mass is 1400 g/mol. The van der Waals surface area contributed by atoms with Gasteiger partial charge in [-0.2, -0.15) is 0 Å². The summed E-state index contributed by atoms with van der Waals surface area (Å²) >= 11 is 0. The van der Waals surface area contributed by atoms with E-state index < -0.39 is 0 Å². The number of fused-ring (bicyclic) bond motifs is 25. The van der Waals surface area contributed by atoms with Crippen molar-refractivity contribution in [2.75, 3.05) is 0 Å². The van der Waals surface area contributed by atoms with Gasteiger partial charge in [0, 0.05) is 32.3 Å². The summed E-state index contributed by atoms with van der Waals surface area (Å²) in [5.74, 6) is 0. The predicted molar refractivity (Wildman–Crippen MR) is 460 cm³/mol. The van der Waals surface area contributed by atoms with Gasteiger partial charge in [-0.3, -0.25) is 8.80 Å². The van der Waals surface area contributed by atoms with E-state index in [1.165, 1.54) is 104 Å². The van der Waals surface area contributed by atoms with Gasteiger partial charge in [-0.15, -0.1) is 0 Å². The van der Waals surface area contributed by atoms with Crippen LogP contribution in [-0.2, 0) is 0 Å². The van der Waals surface area contributed by atoms with Crippen molar-refractivity contribution in [2.45, 2.75) is 0 Å². The van der Waals surface area contributed by atoms with Crippen LogP contribution in [-0.4, -0.2) is 18.8 Å². The lowest BCUT2D eigenvalue weighted by Gasteiger charge is -2.19. The van der Waals surface area contributed by atoms with Crippen LogP contribution in [0.15, 0.2) is 373 Å². The summed E-state index contributed by atoms with van der Waals surface area (Å²) in [5, 5.41) is 18.3. The second kappa shape index (κ2) is 23.4. The van der Waals surface area contributed by atoms with E-state index in [1.807, 2.05) is 0 Å². The Balaban J connectivity index is 0.632. The lowest BCUT2D eigenvalue weighted by Crippen LogP contribution is -1.92. The van der Waals surface area contributed by atoms with Crippen molar-refractivity contribution in [3.05, 3.63) is 364 Å². The van der Waals surface area contributed by atoms with Gasteiger partial charge in [-0.05, 0) is 204 Å². The van der Waals surface area contributed by atoms with Gasteiger partial charge in [-0.25, -0.2) is 9.97 Å². The van der Waals surface area contributed by atoms with Gasteiger partial charge in [-0.1, -0.05) is 303 Å². The van der Waals surface area contributed by atoms with E-state index in [4.69, 9.17) is 18.8 Å². The van der Waals surface area contributed by atoms with Gasteiger partial charge in [0.1, 0.15) is 33.5 Å². The molecule has 6 heteroatoms. The summed E-state index contributed by atoms with van der Waals surface area (Å²) in [7, 11) is 0.